The lowest BCUT2D eigenvalue weighted by atomic mass is 9.96. The second-order valence-electron chi connectivity index (χ2n) is 10.2. The number of allylic oxidation sites excluding steroid dienone is 4. The van der Waals surface area contributed by atoms with Crippen LogP contribution in [0.4, 0.5) is 17.6 Å². The normalized spacial score (nSPS) is 18.5. The zero-order valence-corrected chi connectivity index (χ0v) is 21.7. The number of aliphatic hydroxyl groups is 1. The van der Waals surface area contributed by atoms with Crippen molar-refractivity contribution in [3.63, 3.8) is 0 Å². The van der Waals surface area contributed by atoms with Crippen LogP contribution in [0.2, 0.25) is 0 Å². The summed E-state index contributed by atoms with van der Waals surface area (Å²) in [5.41, 5.74) is 0.483. The molecule has 1 fully saturated rings. The summed E-state index contributed by atoms with van der Waals surface area (Å²) in [4.78, 5) is 0. The molecule has 1 aliphatic carbocycles. The fraction of sp³-hybridized carbons (Fsp3) is 0.400. The highest BCUT2D eigenvalue weighted by molar-refractivity contribution is 5.69. The van der Waals surface area contributed by atoms with Gasteiger partial charge in [-0.3, -0.25) is 0 Å². The summed E-state index contributed by atoms with van der Waals surface area (Å²) in [6.45, 7) is 11.3. The van der Waals surface area contributed by atoms with Crippen LogP contribution in [0.3, 0.4) is 0 Å². The van der Waals surface area contributed by atoms with Crippen molar-refractivity contribution >= 4 is 0 Å². The number of rotatable bonds is 9. The summed E-state index contributed by atoms with van der Waals surface area (Å²) >= 11 is 0. The number of ether oxygens (including phenoxy) is 2. The van der Waals surface area contributed by atoms with Crippen molar-refractivity contribution in [1.29, 1.82) is 0 Å². The van der Waals surface area contributed by atoms with Gasteiger partial charge in [-0.2, -0.15) is 13.2 Å². The molecule has 1 saturated carbocycles. The van der Waals surface area contributed by atoms with Gasteiger partial charge in [0.15, 0.2) is 0 Å². The third-order valence-corrected chi connectivity index (χ3v) is 6.29. The predicted octanol–water partition coefficient (Wildman–Crippen LogP) is 8.38. The van der Waals surface area contributed by atoms with Crippen molar-refractivity contribution in [3.05, 3.63) is 89.0 Å². The lowest BCUT2D eigenvalue weighted by Crippen LogP contribution is -2.21. The quantitative estimate of drug-likeness (QED) is 0.268. The summed E-state index contributed by atoms with van der Waals surface area (Å²) in [5.74, 6) is 0.306. The van der Waals surface area contributed by atoms with Gasteiger partial charge in [0.05, 0.1) is 17.8 Å². The van der Waals surface area contributed by atoms with Gasteiger partial charge in [-0.1, -0.05) is 31.7 Å². The largest absolute Gasteiger partial charge is 0.493 e. The van der Waals surface area contributed by atoms with Gasteiger partial charge in [-0.25, -0.2) is 4.39 Å². The first-order chi connectivity index (χ1) is 17.3. The average molecular weight is 519 g/mol. The zero-order chi connectivity index (χ0) is 27.4. The Morgan fingerprint density at radius 3 is 2.35 bits per heavy atom. The number of benzene rings is 2. The minimum absolute atomic E-state index is 0.000833. The number of halogens is 4. The first-order valence-corrected chi connectivity index (χ1v) is 12.3. The van der Waals surface area contributed by atoms with Crippen molar-refractivity contribution in [3.8, 4) is 16.9 Å². The Morgan fingerprint density at radius 2 is 1.76 bits per heavy atom. The van der Waals surface area contributed by atoms with E-state index in [9.17, 15) is 22.7 Å². The summed E-state index contributed by atoms with van der Waals surface area (Å²) in [6, 6.07) is 7.78. The Morgan fingerprint density at radius 1 is 1.11 bits per heavy atom. The van der Waals surface area contributed by atoms with Gasteiger partial charge in [-0.15, -0.1) is 0 Å². The summed E-state index contributed by atoms with van der Waals surface area (Å²) in [7, 11) is 0. The summed E-state index contributed by atoms with van der Waals surface area (Å²) < 4.78 is 67.3. The number of alkyl halides is 3. The van der Waals surface area contributed by atoms with E-state index in [1.807, 2.05) is 19.1 Å². The highest BCUT2D eigenvalue weighted by Crippen LogP contribution is 2.39. The Balaban J connectivity index is 1.81. The minimum atomic E-state index is -4.74. The van der Waals surface area contributed by atoms with E-state index in [0.29, 0.717) is 29.9 Å². The second kappa shape index (κ2) is 11.5. The molecular weight excluding hydrogens is 484 g/mol. The molecule has 1 atom stereocenters. The molecule has 0 bridgehead atoms. The Labute approximate surface area is 216 Å². The first-order valence-electron chi connectivity index (χ1n) is 12.3. The molecule has 1 N–H and O–H groups in total. The monoisotopic (exact) mass is 518 g/mol. The van der Waals surface area contributed by atoms with E-state index in [1.54, 1.807) is 26.0 Å². The molecule has 0 radical (unpaired) electrons. The molecule has 3 nitrogen and oxygen atoms in total. The molecule has 0 heterocycles. The third-order valence-electron chi connectivity index (χ3n) is 6.29. The van der Waals surface area contributed by atoms with E-state index in [4.69, 9.17) is 9.47 Å². The van der Waals surface area contributed by atoms with Gasteiger partial charge in [0, 0.05) is 12.0 Å². The summed E-state index contributed by atoms with van der Waals surface area (Å²) in [5, 5.41) is 9.79. The minimum Gasteiger partial charge on any atom is -0.493 e. The molecular formula is C30H34F4O3. The number of hydrogen-bond acceptors (Lipinski definition) is 3. The third kappa shape index (κ3) is 7.96. The molecule has 200 valence electrons. The molecule has 7 heteroatoms. The van der Waals surface area contributed by atoms with E-state index >= 15 is 0 Å². The van der Waals surface area contributed by atoms with Gasteiger partial charge in [0.2, 0.25) is 0 Å². The standard InChI is InChI=1S/C30H34F4O3/c1-6-21-13-19(2)14-23(21)15-20(3)37-18-24-16-26(27(17-28(24)31)30(32,33)34)22-7-9-25(10-8-22)36-12-11-29(4,5)35/h6-10,15-17,19,35H,3,11-14,18H2,1-2,4-5H3/b21-6-,23-15-. The fourth-order valence-electron chi connectivity index (χ4n) is 4.30. The van der Waals surface area contributed by atoms with E-state index in [1.165, 1.54) is 23.8 Å². The second-order valence-corrected chi connectivity index (χ2v) is 10.2. The molecule has 2 aromatic carbocycles. The Kier molecular flexibility index (Phi) is 8.90. The smallest absolute Gasteiger partial charge is 0.417 e. The molecule has 0 spiro atoms. The van der Waals surface area contributed by atoms with Crippen LogP contribution in [-0.2, 0) is 17.5 Å². The van der Waals surface area contributed by atoms with E-state index in [2.05, 4.69) is 13.5 Å². The van der Waals surface area contributed by atoms with Crippen LogP contribution in [-0.4, -0.2) is 17.3 Å². The summed E-state index contributed by atoms with van der Waals surface area (Å²) in [6.07, 6.45) is 1.37. The molecule has 0 amide bonds. The van der Waals surface area contributed by atoms with Crippen LogP contribution in [0.15, 0.2) is 72.0 Å². The fourth-order valence-corrected chi connectivity index (χ4v) is 4.30. The zero-order valence-electron chi connectivity index (χ0n) is 21.7. The number of hydrogen-bond donors (Lipinski definition) is 1. The molecule has 2 aromatic rings. The van der Waals surface area contributed by atoms with Crippen molar-refractivity contribution < 1.29 is 32.1 Å². The van der Waals surface area contributed by atoms with Gasteiger partial charge in [-0.05, 0) is 92.1 Å². The highest BCUT2D eigenvalue weighted by Gasteiger charge is 2.35. The van der Waals surface area contributed by atoms with Crippen molar-refractivity contribution in [2.24, 2.45) is 5.92 Å². The van der Waals surface area contributed by atoms with Crippen LogP contribution < -0.4 is 4.74 Å². The maximum absolute atomic E-state index is 14.7. The highest BCUT2D eigenvalue weighted by atomic mass is 19.4. The van der Waals surface area contributed by atoms with Crippen LogP contribution in [0.5, 0.6) is 5.75 Å². The van der Waals surface area contributed by atoms with Gasteiger partial charge >= 0.3 is 6.18 Å². The molecule has 3 rings (SSSR count). The Hall–Kier alpha value is -3.06. The molecule has 0 saturated heterocycles. The van der Waals surface area contributed by atoms with Crippen molar-refractivity contribution in [2.75, 3.05) is 6.61 Å². The SMILES string of the molecule is C=C(/C=C1/CC(C)C/C1=C/C)OCc1cc(-c2ccc(OCCC(C)(C)O)cc2)c(C(F)(F)F)cc1F. The average Bonchev–Trinajstić information content (AvgIpc) is 3.16. The van der Waals surface area contributed by atoms with Crippen LogP contribution >= 0.6 is 0 Å². The van der Waals surface area contributed by atoms with E-state index in [0.717, 1.165) is 18.4 Å². The molecule has 37 heavy (non-hydrogen) atoms. The topological polar surface area (TPSA) is 38.7 Å². The lowest BCUT2D eigenvalue weighted by Gasteiger charge is -2.18. The molecule has 0 aliphatic heterocycles. The Bertz CT molecular complexity index is 1170. The van der Waals surface area contributed by atoms with E-state index in [-0.39, 0.29) is 29.9 Å². The van der Waals surface area contributed by atoms with Crippen molar-refractivity contribution in [1.82, 2.24) is 0 Å². The predicted molar refractivity (Wildman–Crippen MR) is 137 cm³/mol. The van der Waals surface area contributed by atoms with E-state index < -0.39 is 23.2 Å². The lowest BCUT2D eigenvalue weighted by molar-refractivity contribution is -0.137. The van der Waals surface area contributed by atoms with Gasteiger partial charge in [0.1, 0.15) is 23.9 Å². The van der Waals surface area contributed by atoms with Crippen LogP contribution in [0, 0.1) is 11.7 Å². The van der Waals surface area contributed by atoms with Crippen molar-refractivity contribution in [2.45, 2.75) is 65.3 Å². The van der Waals surface area contributed by atoms with Gasteiger partial charge in [0.25, 0.3) is 0 Å². The van der Waals surface area contributed by atoms with Crippen LogP contribution in [0.25, 0.3) is 11.1 Å². The molecule has 0 aromatic heterocycles. The van der Waals surface area contributed by atoms with Crippen LogP contribution in [0.1, 0.15) is 58.1 Å². The molecule has 1 unspecified atom stereocenters. The molecule has 1 aliphatic rings. The first kappa shape index (κ1) is 28.5. The maximum atomic E-state index is 14.7. The maximum Gasteiger partial charge on any atom is 0.417 e. The van der Waals surface area contributed by atoms with Gasteiger partial charge < -0.3 is 14.6 Å².